The van der Waals surface area contributed by atoms with E-state index in [9.17, 15) is 0 Å². The van der Waals surface area contributed by atoms with Gasteiger partial charge in [0, 0.05) is 23.2 Å². The average molecular weight is 344 g/mol. The van der Waals surface area contributed by atoms with Crippen molar-refractivity contribution >= 4 is 5.69 Å². The van der Waals surface area contributed by atoms with Gasteiger partial charge in [-0.1, -0.05) is 54.6 Å². The molecule has 132 valence electrons. The first-order valence-corrected chi connectivity index (χ1v) is 9.05. The van der Waals surface area contributed by atoms with E-state index in [1.165, 1.54) is 12.0 Å². The molecule has 0 spiro atoms. The zero-order chi connectivity index (χ0) is 18.1. The highest BCUT2D eigenvalue weighted by molar-refractivity contribution is 5.83. The zero-order valence-corrected chi connectivity index (χ0v) is 14.8. The van der Waals surface area contributed by atoms with Gasteiger partial charge in [-0.25, -0.2) is 4.98 Å². The van der Waals surface area contributed by atoms with Gasteiger partial charge in [0.25, 0.3) is 0 Å². The second kappa shape index (κ2) is 6.56. The van der Waals surface area contributed by atoms with Crippen molar-refractivity contribution < 1.29 is 0 Å². The van der Waals surface area contributed by atoms with E-state index in [0.29, 0.717) is 12.2 Å². The Morgan fingerprint density at radius 3 is 2.19 bits per heavy atom. The number of anilines is 1. The summed E-state index contributed by atoms with van der Waals surface area (Å²) in [7, 11) is 0. The van der Waals surface area contributed by atoms with Gasteiger partial charge >= 0.3 is 0 Å². The van der Waals surface area contributed by atoms with Crippen molar-refractivity contribution in [3.05, 3.63) is 71.9 Å². The summed E-state index contributed by atoms with van der Waals surface area (Å²) in [6, 6.07) is 20.6. The molecule has 6 N–H and O–H groups in total. The molecule has 0 saturated heterocycles. The van der Waals surface area contributed by atoms with Crippen LogP contribution >= 0.6 is 0 Å². The third-order valence-electron chi connectivity index (χ3n) is 5.39. The maximum atomic E-state index is 6.45. The first-order valence-electron chi connectivity index (χ1n) is 9.05. The Morgan fingerprint density at radius 1 is 0.923 bits per heavy atom. The Hall–Kier alpha value is -2.69. The standard InChI is InChI=1S/C22H24N4/c23-14-20-19(24)13-18(15-5-2-1-3-6-15)21(26-20)16-7-9-17(10-8-16)22(25)11-4-12-22/h1-3,5-10,13H,4,11-12,14,23-25H2. The second-order valence-electron chi connectivity index (χ2n) is 7.08. The van der Waals surface area contributed by atoms with E-state index in [4.69, 9.17) is 22.2 Å². The molecule has 0 aliphatic heterocycles. The highest BCUT2D eigenvalue weighted by atomic mass is 14.8. The summed E-state index contributed by atoms with van der Waals surface area (Å²) in [6.45, 7) is 0.317. The molecule has 0 unspecified atom stereocenters. The summed E-state index contributed by atoms with van der Waals surface area (Å²) < 4.78 is 0. The van der Waals surface area contributed by atoms with Crippen LogP contribution in [0, 0.1) is 0 Å². The minimum atomic E-state index is -0.155. The molecule has 4 rings (SSSR count). The molecule has 1 aromatic heterocycles. The highest BCUT2D eigenvalue weighted by Gasteiger charge is 2.34. The molecule has 1 fully saturated rings. The van der Waals surface area contributed by atoms with Crippen molar-refractivity contribution in [3.8, 4) is 22.4 Å². The molecule has 3 aromatic rings. The molecule has 1 saturated carbocycles. The molecule has 2 aromatic carbocycles. The van der Waals surface area contributed by atoms with Crippen LogP contribution in [0.5, 0.6) is 0 Å². The summed E-state index contributed by atoms with van der Waals surface area (Å²) in [6.07, 6.45) is 3.31. The Balaban J connectivity index is 1.82. The Labute approximate surface area is 154 Å². The van der Waals surface area contributed by atoms with Crippen LogP contribution in [0.3, 0.4) is 0 Å². The maximum absolute atomic E-state index is 6.45. The molecule has 1 aliphatic carbocycles. The number of rotatable bonds is 4. The van der Waals surface area contributed by atoms with E-state index < -0.39 is 0 Å². The van der Waals surface area contributed by atoms with E-state index in [0.717, 1.165) is 40.9 Å². The monoisotopic (exact) mass is 344 g/mol. The molecule has 1 heterocycles. The van der Waals surface area contributed by atoms with Crippen molar-refractivity contribution in [1.82, 2.24) is 4.98 Å². The van der Waals surface area contributed by atoms with E-state index in [1.54, 1.807) is 0 Å². The lowest BCUT2D eigenvalue weighted by Crippen LogP contribution is -2.43. The predicted octanol–water partition coefficient (Wildman–Crippen LogP) is 3.79. The minimum absolute atomic E-state index is 0.155. The van der Waals surface area contributed by atoms with Gasteiger partial charge in [0.1, 0.15) is 0 Å². The highest BCUT2D eigenvalue weighted by Crippen LogP contribution is 2.40. The molecule has 0 radical (unpaired) electrons. The summed E-state index contributed by atoms with van der Waals surface area (Å²) in [5.74, 6) is 0. The fourth-order valence-electron chi connectivity index (χ4n) is 3.59. The number of pyridine rings is 1. The largest absolute Gasteiger partial charge is 0.397 e. The number of nitrogens with zero attached hydrogens (tertiary/aromatic N) is 1. The van der Waals surface area contributed by atoms with Crippen LogP contribution < -0.4 is 17.2 Å². The van der Waals surface area contributed by atoms with Crippen molar-refractivity contribution in [2.24, 2.45) is 11.5 Å². The Kier molecular flexibility index (Phi) is 4.23. The fraction of sp³-hybridized carbons (Fsp3) is 0.227. The van der Waals surface area contributed by atoms with Crippen LogP contribution in [0.2, 0.25) is 0 Å². The predicted molar refractivity (Wildman–Crippen MR) is 107 cm³/mol. The van der Waals surface area contributed by atoms with Gasteiger partial charge in [0.2, 0.25) is 0 Å². The van der Waals surface area contributed by atoms with Crippen LogP contribution in [0.4, 0.5) is 5.69 Å². The molecular weight excluding hydrogens is 320 g/mol. The Bertz CT molecular complexity index is 913. The molecule has 0 bridgehead atoms. The lowest BCUT2D eigenvalue weighted by atomic mass is 9.72. The number of nitrogen functional groups attached to an aromatic ring is 1. The van der Waals surface area contributed by atoms with Gasteiger partial charge in [0.05, 0.1) is 17.1 Å². The van der Waals surface area contributed by atoms with Crippen molar-refractivity contribution in [2.75, 3.05) is 5.73 Å². The third-order valence-corrected chi connectivity index (χ3v) is 5.39. The van der Waals surface area contributed by atoms with E-state index in [2.05, 4.69) is 36.4 Å². The first-order chi connectivity index (χ1) is 12.6. The number of hydrogen-bond acceptors (Lipinski definition) is 4. The number of aromatic nitrogens is 1. The molecule has 4 nitrogen and oxygen atoms in total. The van der Waals surface area contributed by atoms with E-state index in [1.807, 2.05) is 24.3 Å². The van der Waals surface area contributed by atoms with Crippen LogP contribution in [0.25, 0.3) is 22.4 Å². The molecular formula is C22H24N4. The maximum Gasteiger partial charge on any atom is 0.0785 e. The van der Waals surface area contributed by atoms with Gasteiger partial charge in [0.15, 0.2) is 0 Å². The minimum Gasteiger partial charge on any atom is -0.397 e. The third kappa shape index (κ3) is 2.87. The van der Waals surface area contributed by atoms with Crippen molar-refractivity contribution in [2.45, 2.75) is 31.3 Å². The van der Waals surface area contributed by atoms with Gasteiger partial charge in [-0.15, -0.1) is 0 Å². The lowest BCUT2D eigenvalue weighted by molar-refractivity contribution is 0.253. The van der Waals surface area contributed by atoms with Gasteiger partial charge in [-0.2, -0.15) is 0 Å². The lowest BCUT2D eigenvalue weighted by Gasteiger charge is -2.38. The zero-order valence-electron chi connectivity index (χ0n) is 14.8. The number of hydrogen-bond donors (Lipinski definition) is 3. The number of benzene rings is 2. The second-order valence-corrected chi connectivity index (χ2v) is 7.08. The summed E-state index contributed by atoms with van der Waals surface area (Å²) in [4.78, 5) is 4.78. The van der Waals surface area contributed by atoms with Crippen molar-refractivity contribution in [3.63, 3.8) is 0 Å². The van der Waals surface area contributed by atoms with Crippen molar-refractivity contribution in [1.29, 1.82) is 0 Å². The molecule has 1 aliphatic rings. The first kappa shape index (κ1) is 16.8. The van der Waals surface area contributed by atoms with Crippen LogP contribution in [0.1, 0.15) is 30.5 Å². The van der Waals surface area contributed by atoms with Gasteiger partial charge in [-0.3, -0.25) is 0 Å². The summed E-state index contributed by atoms with van der Waals surface area (Å²) in [5, 5.41) is 0. The average Bonchev–Trinajstić information content (AvgIpc) is 2.67. The normalized spacial score (nSPS) is 15.5. The van der Waals surface area contributed by atoms with Crippen LogP contribution in [0.15, 0.2) is 60.7 Å². The van der Waals surface area contributed by atoms with Crippen LogP contribution in [-0.2, 0) is 12.1 Å². The topological polar surface area (TPSA) is 90.9 Å². The SMILES string of the molecule is NCc1nc(-c2ccc(C3(N)CCC3)cc2)c(-c2ccccc2)cc1N. The van der Waals surface area contributed by atoms with E-state index >= 15 is 0 Å². The summed E-state index contributed by atoms with van der Waals surface area (Å²) in [5.41, 5.74) is 24.9. The molecule has 4 heteroatoms. The Morgan fingerprint density at radius 2 is 1.62 bits per heavy atom. The molecule has 26 heavy (non-hydrogen) atoms. The molecule has 0 amide bonds. The van der Waals surface area contributed by atoms with Gasteiger partial charge in [-0.05, 0) is 36.5 Å². The summed E-state index contributed by atoms with van der Waals surface area (Å²) >= 11 is 0. The quantitative estimate of drug-likeness (QED) is 0.671. The van der Waals surface area contributed by atoms with E-state index in [-0.39, 0.29) is 5.54 Å². The molecule has 0 atom stereocenters. The van der Waals surface area contributed by atoms with Crippen LogP contribution in [-0.4, -0.2) is 4.98 Å². The smallest absolute Gasteiger partial charge is 0.0785 e. The fourth-order valence-corrected chi connectivity index (χ4v) is 3.59. The number of nitrogens with two attached hydrogens (primary N) is 3. The van der Waals surface area contributed by atoms with Gasteiger partial charge < -0.3 is 17.2 Å².